The maximum Gasteiger partial charge on any atom is 0.136 e. The van der Waals surface area contributed by atoms with Crippen molar-refractivity contribution in [2.45, 2.75) is 26.2 Å². The van der Waals surface area contributed by atoms with Gasteiger partial charge in [0.15, 0.2) is 0 Å². The van der Waals surface area contributed by atoms with Crippen molar-refractivity contribution in [2.75, 3.05) is 35.2 Å². The fourth-order valence-corrected chi connectivity index (χ4v) is 3.58. The van der Waals surface area contributed by atoms with E-state index in [4.69, 9.17) is 0 Å². The zero-order valence-electron chi connectivity index (χ0n) is 16.4. The lowest BCUT2D eigenvalue weighted by atomic mass is 10.1. The van der Waals surface area contributed by atoms with E-state index in [1.54, 1.807) is 0 Å². The smallest absolute Gasteiger partial charge is 0.136 e. The predicted molar refractivity (Wildman–Crippen MR) is 117 cm³/mol. The van der Waals surface area contributed by atoms with Crippen LogP contribution in [0.1, 0.15) is 24.2 Å². The van der Waals surface area contributed by atoms with Crippen molar-refractivity contribution in [3.63, 3.8) is 0 Å². The first-order valence-corrected chi connectivity index (χ1v) is 10.0. The Morgan fingerprint density at radius 3 is 2.36 bits per heavy atom. The molecule has 144 valence electrons. The van der Waals surface area contributed by atoms with Gasteiger partial charge < -0.3 is 15.5 Å². The number of benzene rings is 2. The summed E-state index contributed by atoms with van der Waals surface area (Å²) in [6.07, 6.45) is 3.55. The highest BCUT2D eigenvalue weighted by molar-refractivity contribution is 5.62. The fourth-order valence-electron chi connectivity index (χ4n) is 3.58. The van der Waals surface area contributed by atoms with Crippen LogP contribution in [0, 0.1) is 6.92 Å². The Morgan fingerprint density at radius 1 is 0.893 bits per heavy atom. The summed E-state index contributed by atoms with van der Waals surface area (Å²) in [5.41, 5.74) is 3.65. The molecule has 5 nitrogen and oxygen atoms in total. The van der Waals surface area contributed by atoms with E-state index in [0.717, 1.165) is 49.2 Å². The summed E-state index contributed by atoms with van der Waals surface area (Å²) in [7, 11) is 0. The third-order valence-electron chi connectivity index (χ3n) is 5.01. The van der Waals surface area contributed by atoms with Gasteiger partial charge in [0.1, 0.15) is 17.5 Å². The Labute approximate surface area is 166 Å². The molecule has 1 aromatic heterocycles. The van der Waals surface area contributed by atoms with Crippen LogP contribution in [0.15, 0.2) is 60.7 Å². The highest BCUT2D eigenvalue weighted by Gasteiger charge is 2.12. The van der Waals surface area contributed by atoms with Gasteiger partial charge in [-0.25, -0.2) is 9.97 Å². The SMILES string of the molecule is Cc1nc(NCCc2ccccc2)cc(Nc2ccc(N3CCCC3)cc2)n1. The molecule has 0 unspecified atom stereocenters. The van der Waals surface area contributed by atoms with Crippen molar-refractivity contribution in [1.29, 1.82) is 0 Å². The van der Waals surface area contributed by atoms with E-state index in [-0.39, 0.29) is 0 Å². The van der Waals surface area contributed by atoms with Crippen LogP contribution in [0.4, 0.5) is 23.0 Å². The Balaban J connectivity index is 1.37. The molecule has 2 heterocycles. The van der Waals surface area contributed by atoms with E-state index < -0.39 is 0 Å². The molecule has 1 aliphatic rings. The number of aromatic nitrogens is 2. The van der Waals surface area contributed by atoms with Gasteiger partial charge in [0, 0.05) is 37.1 Å². The summed E-state index contributed by atoms with van der Waals surface area (Å²) >= 11 is 0. The van der Waals surface area contributed by atoms with Crippen LogP contribution >= 0.6 is 0 Å². The molecule has 3 aromatic rings. The standard InChI is InChI=1S/C23H27N5/c1-18-25-22(24-14-13-19-7-3-2-4-8-19)17-23(26-18)27-20-9-11-21(12-10-20)28-15-5-6-16-28/h2-4,7-12,17H,5-6,13-16H2,1H3,(H2,24,25,26,27). The molecular formula is C23H27N5. The van der Waals surface area contributed by atoms with Crippen LogP contribution in [-0.2, 0) is 6.42 Å². The van der Waals surface area contributed by atoms with Crippen molar-refractivity contribution in [3.8, 4) is 0 Å². The van der Waals surface area contributed by atoms with E-state index in [0.29, 0.717) is 0 Å². The first-order chi connectivity index (χ1) is 13.8. The second-order valence-electron chi connectivity index (χ2n) is 7.21. The minimum atomic E-state index is 0.751. The van der Waals surface area contributed by atoms with Crippen LogP contribution in [0.2, 0.25) is 0 Å². The van der Waals surface area contributed by atoms with Crippen molar-refractivity contribution in [1.82, 2.24) is 9.97 Å². The summed E-state index contributed by atoms with van der Waals surface area (Å²) in [4.78, 5) is 11.5. The molecule has 1 aliphatic heterocycles. The number of hydrogen-bond donors (Lipinski definition) is 2. The van der Waals surface area contributed by atoms with Crippen LogP contribution in [0.5, 0.6) is 0 Å². The number of nitrogens with zero attached hydrogens (tertiary/aromatic N) is 3. The van der Waals surface area contributed by atoms with Gasteiger partial charge in [-0.05, 0) is 56.0 Å². The Hall–Kier alpha value is -3.08. The zero-order chi connectivity index (χ0) is 19.2. The number of aryl methyl sites for hydroxylation is 1. The lowest BCUT2D eigenvalue weighted by Crippen LogP contribution is -2.17. The maximum atomic E-state index is 4.52. The van der Waals surface area contributed by atoms with Gasteiger partial charge >= 0.3 is 0 Å². The highest BCUT2D eigenvalue weighted by Crippen LogP contribution is 2.24. The molecule has 28 heavy (non-hydrogen) atoms. The molecule has 2 N–H and O–H groups in total. The molecule has 2 aromatic carbocycles. The molecule has 0 atom stereocenters. The summed E-state index contributed by atoms with van der Waals surface area (Å²) in [6.45, 7) is 5.08. The second-order valence-corrected chi connectivity index (χ2v) is 7.21. The highest BCUT2D eigenvalue weighted by atomic mass is 15.1. The van der Waals surface area contributed by atoms with Gasteiger partial charge in [0.25, 0.3) is 0 Å². The lowest BCUT2D eigenvalue weighted by molar-refractivity contribution is 0.949. The average Bonchev–Trinajstić information content (AvgIpc) is 3.24. The third kappa shape index (κ3) is 4.80. The van der Waals surface area contributed by atoms with Gasteiger partial charge in [-0.2, -0.15) is 0 Å². The topological polar surface area (TPSA) is 53.1 Å². The first kappa shape index (κ1) is 18.3. The van der Waals surface area contributed by atoms with Crippen molar-refractivity contribution >= 4 is 23.0 Å². The van der Waals surface area contributed by atoms with Crippen LogP contribution < -0.4 is 15.5 Å². The largest absolute Gasteiger partial charge is 0.372 e. The molecule has 4 rings (SSSR count). The quantitative estimate of drug-likeness (QED) is 0.624. The fraction of sp³-hybridized carbons (Fsp3) is 0.304. The predicted octanol–water partition coefficient (Wildman–Crippen LogP) is 4.78. The molecule has 1 saturated heterocycles. The Kier molecular flexibility index (Phi) is 5.71. The molecular weight excluding hydrogens is 346 g/mol. The third-order valence-corrected chi connectivity index (χ3v) is 5.01. The van der Waals surface area contributed by atoms with Crippen molar-refractivity contribution in [2.24, 2.45) is 0 Å². The van der Waals surface area contributed by atoms with Gasteiger partial charge in [0.2, 0.25) is 0 Å². The minimum Gasteiger partial charge on any atom is -0.372 e. The number of rotatable bonds is 7. The molecule has 0 saturated carbocycles. The summed E-state index contributed by atoms with van der Waals surface area (Å²) in [5, 5.41) is 6.81. The molecule has 5 heteroatoms. The molecule has 0 amide bonds. The van der Waals surface area contributed by atoms with E-state index in [2.05, 4.69) is 74.0 Å². The monoisotopic (exact) mass is 373 g/mol. The van der Waals surface area contributed by atoms with Crippen LogP contribution in [0.3, 0.4) is 0 Å². The van der Waals surface area contributed by atoms with Gasteiger partial charge in [-0.15, -0.1) is 0 Å². The Morgan fingerprint density at radius 2 is 1.61 bits per heavy atom. The summed E-state index contributed by atoms with van der Waals surface area (Å²) in [6, 6.07) is 21.0. The summed E-state index contributed by atoms with van der Waals surface area (Å²) < 4.78 is 0. The van der Waals surface area contributed by atoms with Gasteiger partial charge in [-0.1, -0.05) is 30.3 Å². The molecule has 0 aliphatic carbocycles. The van der Waals surface area contributed by atoms with E-state index in [1.165, 1.54) is 24.1 Å². The number of nitrogens with one attached hydrogen (secondary N) is 2. The zero-order valence-corrected chi connectivity index (χ0v) is 16.4. The summed E-state index contributed by atoms with van der Waals surface area (Å²) in [5.74, 6) is 2.41. The minimum absolute atomic E-state index is 0.751. The number of hydrogen-bond acceptors (Lipinski definition) is 5. The molecule has 0 bridgehead atoms. The lowest BCUT2D eigenvalue weighted by Gasteiger charge is -2.18. The van der Waals surface area contributed by atoms with Gasteiger partial charge in [-0.3, -0.25) is 0 Å². The molecule has 0 spiro atoms. The van der Waals surface area contributed by atoms with E-state index >= 15 is 0 Å². The molecule has 0 radical (unpaired) electrons. The average molecular weight is 374 g/mol. The normalized spacial score (nSPS) is 13.5. The van der Waals surface area contributed by atoms with Gasteiger partial charge in [0.05, 0.1) is 0 Å². The number of anilines is 4. The second kappa shape index (κ2) is 8.74. The van der Waals surface area contributed by atoms with E-state index in [9.17, 15) is 0 Å². The van der Waals surface area contributed by atoms with Crippen LogP contribution in [-0.4, -0.2) is 29.6 Å². The first-order valence-electron chi connectivity index (χ1n) is 10.0. The van der Waals surface area contributed by atoms with E-state index in [1.807, 2.05) is 19.1 Å². The van der Waals surface area contributed by atoms with Crippen molar-refractivity contribution in [3.05, 3.63) is 72.1 Å². The van der Waals surface area contributed by atoms with Crippen molar-refractivity contribution < 1.29 is 0 Å². The Bertz CT molecular complexity index is 887. The maximum absolute atomic E-state index is 4.52. The van der Waals surface area contributed by atoms with Crippen LogP contribution in [0.25, 0.3) is 0 Å². The molecule has 1 fully saturated rings.